The zero-order chi connectivity index (χ0) is 22.2. The highest BCUT2D eigenvalue weighted by Crippen LogP contribution is 2.30. The molecule has 0 spiro atoms. The molecule has 1 saturated heterocycles. The Morgan fingerprint density at radius 1 is 1.03 bits per heavy atom. The number of ether oxygens (including phenoxy) is 3. The second kappa shape index (κ2) is 12.9. The smallest absolute Gasteiger partial charge is 0.191 e. The van der Waals surface area contributed by atoms with Gasteiger partial charge in [-0.05, 0) is 61.3 Å². The highest BCUT2D eigenvalue weighted by atomic mass is 127. The monoisotopic (exact) mass is 566 g/mol. The quantitative estimate of drug-likeness (QED) is 0.301. The molecule has 8 heteroatoms. The first kappa shape index (κ1) is 25.4. The topological polar surface area (TPSA) is 67.4 Å². The molecule has 0 amide bonds. The van der Waals surface area contributed by atoms with Gasteiger partial charge in [0.25, 0.3) is 0 Å². The highest BCUT2D eigenvalue weighted by Gasteiger charge is 2.24. The molecule has 4 rings (SSSR count). The number of hydrogen-bond donors (Lipinski definition) is 2. The molecule has 0 saturated carbocycles. The molecule has 2 heterocycles. The predicted octanol–water partition coefficient (Wildman–Crippen LogP) is 3.98. The van der Waals surface area contributed by atoms with E-state index in [-0.39, 0.29) is 30.0 Å². The lowest BCUT2D eigenvalue weighted by Crippen LogP contribution is -2.42. The first-order chi connectivity index (χ1) is 15.8. The Hall–Kier alpha value is -2.20. The zero-order valence-corrected chi connectivity index (χ0v) is 21.8. The minimum Gasteiger partial charge on any atom is -0.497 e. The number of likely N-dealkylation sites (tertiary alicyclic amines) is 1. The van der Waals surface area contributed by atoms with E-state index < -0.39 is 0 Å². The zero-order valence-electron chi connectivity index (χ0n) is 19.5. The summed E-state index contributed by atoms with van der Waals surface area (Å²) in [5.74, 6) is 3.31. The third-order valence-corrected chi connectivity index (χ3v) is 6.02. The molecule has 2 aromatic carbocycles. The van der Waals surface area contributed by atoms with Gasteiger partial charge in [-0.3, -0.25) is 9.89 Å². The lowest BCUT2D eigenvalue weighted by atomic mass is 10.1. The Morgan fingerprint density at radius 3 is 2.58 bits per heavy atom. The summed E-state index contributed by atoms with van der Waals surface area (Å²) in [6, 6.07) is 14.7. The number of benzene rings is 2. The number of nitrogens with zero attached hydrogens (tertiary/aromatic N) is 2. The molecule has 1 atom stereocenters. The van der Waals surface area contributed by atoms with Gasteiger partial charge < -0.3 is 24.8 Å². The normalized spacial score (nSPS) is 17.0. The largest absolute Gasteiger partial charge is 0.497 e. The van der Waals surface area contributed by atoms with Crippen molar-refractivity contribution in [3.63, 3.8) is 0 Å². The van der Waals surface area contributed by atoms with E-state index in [0.717, 1.165) is 54.8 Å². The second-order valence-electron chi connectivity index (χ2n) is 8.17. The molecule has 1 unspecified atom stereocenters. The SMILES string of the molecule is CN=C(NCc1ccc2c(c1)OCCCO2)NCC(c1cccc(OC)c1)N1CCCC1.I. The molecular weight excluding hydrogens is 531 g/mol. The molecule has 33 heavy (non-hydrogen) atoms. The van der Waals surface area contributed by atoms with Gasteiger partial charge in [-0.2, -0.15) is 0 Å². The van der Waals surface area contributed by atoms with Crippen LogP contribution in [0.15, 0.2) is 47.5 Å². The van der Waals surface area contributed by atoms with Crippen LogP contribution in [0.5, 0.6) is 17.2 Å². The Labute approximate surface area is 213 Å². The van der Waals surface area contributed by atoms with Gasteiger partial charge >= 0.3 is 0 Å². The third kappa shape index (κ3) is 6.89. The molecule has 2 N–H and O–H groups in total. The van der Waals surface area contributed by atoms with Crippen LogP contribution in [0.25, 0.3) is 0 Å². The van der Waals surface area contributed by atoms with E-state index in [4.69, 9.17) is 14.2 Å². The average Bonchev–Trinajstić information content (AvgIpc) is 3.26. The number of methoxy groups -OCH3 is 1. The van der Waals surface area contributed by atoms with E-state index in [9.17, 15) is 0 Å². The first-order valence-electron chi connectivity index (χ1n) is 11.5. The summed E-state index contributed by atoms with van der Waals surface area (Å²) in [6.45, 7) is 5.05. The number of nitrogens with one attached hydrogen (secondary N) is 2. The number of fused-ring (bicyclic) bond motifs is 1. The molecule has 0 radical (unpaired) electrons. The molecule has 7 nitrogen and oxygen atoms in total. The molecule has 0 aliphatic carbocycles. The first-order valence-corrected chi connectivity index (χ1v) is 11.5. The number of aliphatic imine (C=N–C) groups is 1. The summed E-state index contributed by atoms with van der Waals surface area (Å²) in [4.78, 5) is 6.97. The number of guanidine groups is 1. The number of rotatable bonds is 7. The van der Waals surface area contributed by atoms with Crippen LogP contribution in [0.2, 0.25) is 0 Å². The van der Waals surface area contributed by atoms with Crippen molar-refractivity contribution < 1.29 is 14.2 Å². The molecule has 0 bridgehead atoms. The molecular formula is C25H35IN4O3. The minimum atomic E-state index is 0. The van der Waals surface area contributed by atoms with Crippen molar-refractivity contribution in [2.45, 2.75) is 31.8 Å². The fourth-order valence-electron chi connectivity index (χ4n) is 4.28. The Bertz CT molecular complexity index is 918. The van der Waals surface area contributed by atoms with Crippen LogP contribution in [-0.2, 0) is 6.54 Å². The summed E-state index contributed by atoms with van der Waals surface area (Å²) in [6.07, 6.45) is 3.40. The molecule has 0 aromatic heterocycles. The summed E-state index contributed by atoms with van der Waals surface area (Å²) >= 11 is 0. The van der Waals surface area contributed by atoms with Gasteiger partial charge in [-0.1, -0.05) is 18.2 Å². The van der Waals surface area contributed by atoms with Crippen molar-refractivity contribution in [2.75, 3.05) is 47.0 Å². The van der Waals surface area contributed by atoms with Crippen LogP contribution in [-0.4, -0.2) is 57.9 Å². The molecule has 2 aromatic rings. The van der Waals surface area contributed by atoms with Crippen molar-refractivity contribution >= 4 is 29.9 Å². The summed E-state index contributed by atoms with van der Waals surface area (Å²) in [5, 5.41) is 6.95. The van der Waals surface area contributed by atoms with Gasteiger partial charge in [-0.25, -0.2) is 0 Å². The third-order valence-electron chi connectivity index (χ3n) is 6.02. The van der Waals surface area contributed by atoms with Crippen molar-refractivity contribution in [1.82, 2.24) is 15.5 Å². The maximum absolute atomic E-state index is 5.81. The molecule has 2 aliphatic rings. The van der Waals surface area contributed by atoms with Crippen molar-refractivity contribution in [1.29, 1.82) is 0 Å². The summed E-state index contributed by atoms with van der Waals surface area (Å²) in [7, 11) is 3.52. The lowest BCUT2D eigenvalue weighted by Gasteiger charge is -2.29. The molecule has 2 aliphatic heterocycles. The van der Waals surface area contributed by atoms with E-state index in [0.29, 0.717) is 19.8 Å². The van der Waals surface area contributed by atoms with E-state index in [2.05, 4.69) is 44.8 Å². The van der Waals surface area contributed by atoms with Gasteiger partial charge in [0.2, 0.25) is 0 Å². The lowest BCUT2D eigenvalue weighted by molar-refractivity contribution is 0.245. The maximum atomic E-state index is 5.81. The van der Waals surface area contributed by atoms with Gasteiger partial charge in [0.05, 0.1) is 26.4 Å². The van der Waals surface area contributed by atoms with E-state index in [1.807, 2.05) is 18.2 Å². The van der Waals surface area contributed by atoms with Crippen LogP contribution in [0.3, 0.4) is 0 Å². The Kier molecular flexibility index (Phi) is 9.93. The van der Waals surface area contributed by atoms with Crippen LogP contribution < -0.4 is 24.8 Å². The molecule has 180 valence electrons. The Balaban J connectivity index is 0.00000306. The summed E-state index contributed by atoms with van der Waals surface area (Å²) < 4.78 is 17.0. The van der Waals surface area contributed by atoms with E-state index >= 15 is 0 Å². The van der Waals surface area contributed by atoms with Gasteiger partial charge in [-0.15, -0.1) is 24.0 Å². The van der Waals surface area contributed by atoms with Crippen LogP contribution in [0.1, 0.15) is 36.4 Å². The highest BCUT2D eigenvalue weighted by molar-refractivity contribution is 14.0. The fraction of sp³-hybridized carbons (Fsp3) is 0.480. The molecule has 1 fully saturated rings. The maximum Gasteiger partial charge on any atom is 0.191 e. The van der Waals surface area contributed by atoms with Gasteiger partial charge in [0.15, 0.2) is 17.5 Å². The standard InChI is InChI=1S/C25H34N4O3.HI/c1-26-25(27-17-19-9-10-23-24(15-19)32-14-6-13-31-23)28-18-22(29-11-3-4-12-29)20-7-5-8-21(16-20)30-2;/h5,7-10,15-16,22H,3-4,6,11-14,17-18H2,1-2H3,(H2,26,27,28);1H. The average molecular weight is 566 g/mol. The predicted molar refractivity (Wildman–Crippen MR) is 142 cm³/mol. The minimum absolute atomic E-state index is 0. The van der Waals surface area contributed by atoms with Crippen LogP contribution in [0, 0.1) is 0 Å². The second-order valence-corrected chi connectivity index (χ2v) is 8.17. The van der Waals surface area contributed by atoms with Crippen LogP contribution >= 0.6 is 24.0 Å². The number of halogens is 1. The van der Waals surface area contributed by atoms with Crippen molar-refractivity contribution in [3.8, 4) is 17.2 Å². The van der Waals surface area contributed by atoms with Crippen LogP contribution in [0.4, 0.5) is 0 Å². The van der Waals surface area contributed by atoms with Crippen molar-refractivity contribution in [3.05, 3.63) is 53.6 Å². The van der Waals surface area contributed by atoms with Crippen molar-refractivity contribution in [2.24, 2.45) is 4.99 Å². The van der Waals surface area contributed by atoms with Gasteiger partial charge in [0.1, 0.15) is 5.75 Å². The fourth-order valence-corrected chi connectivity index (χ4v) is 4.28. The van der Waals surface area contributed by atoms with Gasteiger partial charge in [0, 0.05) is 26.6 Å². The summed E-state index contributed by atoms with van der Waals surface area (Å²) in [5.41, 5.74) is 2.39. The van der Waals surface area contributed by atoms with E-state index in [1.54, 1.807) is 14.2 Å². The van der Waals surface area contributed by atoms with E-state index in [1.165, 1.54) is 18.4 Å². The Morgan fingerprint density at radius 2 is 1.82 bits per heavy atom. The number of hydrogen-bond acceptors (Lipinski definition) is 5.